The fourth-order valence-electron chi connectivity index (χ4n) is 1.85. The van der Waals surface area contributed by atoms with Crippen molar-refractivity contribution in [1.82, 2.24) is 4.98 Å². The van der Waals surface area contributed by atoms with E-state index >= 15 is 0 Å². The van der Waals surface area contributed by atoms with Crippen molar-refractivity contribution in [3.8, 4) is 0 Å². The van der Waals surface area contributed by atoms with E-state index in [0.29, 0.717) is 5.02 Å². The third kappa shape index (κ3) is 4.09. The van der Waals surface area contributed by atoms with Crippen molar-refractivity contribution in [2.45, 2.75) is 18.7 Å². The lowest BCUT2D eigenvalue weighted by atomic mass is 10.0. The van der Waals surface area contributed by atoms with Gasteiger partial charge in [0.1, 0.15) is 10.8 Å². The van der Waals surface area contributed by atoms with Gasteiger partial charge >= 0.3 is 6.18 Å². The lowest BCUT2D eigenvalue weighted by molar-refractivity contribution is -0.141. The molecule has 1 aromatic heterocycles. The third-order valence-electron chi connectivity index (χ3n) is 2.85. The van der Waals surface area contributed by atoms with Crippen LogP contribution in [0.25, 0.3) is 0 Å². The minimum absolute atomic E-state index is 0.143. The molecule has 7 heteroatoms. The summed E-state index contributed by atoms with van der Waals surface area (Å²) in [6.45, 7) is 0. The van der Waals surface area contributed by atoms with E-state index in [9.17, 15) is 18.3 Å². The normalized spacial score (nSPS) is 13.2. The number of aliphatic hydroxyl groups is 1. The molecule has 1 heterocycles. The molecule has 0 aliphatic rings. The van der Waals surface area contributed by atoms with Crippen LogP contribution >= 0.6 is 23.2 Å². The zero-order chi connectivity index (χ0) is 15.6. The first kappa shape index (κ1) is 16.1. The van der Waals surface area contributed by atoms with Crippen molar-refractivity contribution in [3.05, 3.63) is 63.4 Å². The first-order chi connectivity index (χ1) is 9.77. The molecule has 0 spiro atoms. The fraction of sp³-hybridized carbons (Fsp3) is 0.214. The second kappa shape index (κ2) is 6.22. The van der Waals surface area contributed by atoms with E-state index in [1.54, 1.807) is 24.3 Å². The highest BCUT2D eigenvalue weighted by atomic mass is 35.5. The Morgan fingerprint density at radius 1 is 1.14 bits per heavy atom. The van der Waals surface area contributed by atoms with Crippen molar-refractivity contribution in [2.24, 2.45) is 0 Å². The van der Waals surface area contributed by atoms with Gasteiger partial charge in [-0.3, -0.25) is 0 Å². The lowest BCUT2D eigenvalue weighted by Crippen LogP contribution is -2.10. The number of hydrogen-bond acceptors (Lipinski definition) is 2. The van der Waals surface area contributed by atoms with Crippen molar-refractivity contribution < 1.29 is 18.3 Å². The highest BCUT2D eigenvalue weighted by Gasteiger charge is 2.33. The van der Waals surface area contributed by atoms with Gasteiger partial charge in [-0.1, -0.05) is 41.4 Å². The maximum absolute atomic E-state index is 12.5. The summed E-state index contributed by atoms with van der Waals surface area (Å²) in [7, 11) is 0. The van der Waals surface area contributed by atoms with Crippen LogP contribution in [0.1, 0.15) is 22.9 Å². The van der Waals surface area contributed by atoms with Crippen LogP contribution in [0.2, 0.25) is 10.2 Å². The second-order valence-corrected chi connectivity index (χ2v) is 5.22. The van der Waals surface area contributed by atoms with Gasteiger partial charge in [-0.05, 0) is 23.8 Å². The molecule has 1 N–H and O–H groups in total. The summed E-state index contributed by atoms with van der Waals surface area (Å²) >= 11 is 11.6. The number of aliphatic hydroxyl groups excluding tert-OH is 1. The number of nitrogens with zero attached hydrogens (tertiary/aromatic N) is 1. The fourth-order valence-corrected chi connectivity index (χ4v) is 2.34. The summed E-state index contributed by atoms with van der Waals surface area (Å²) < 4.78 is 37.5. The number of pyridine rings is 1. The average molecular weight is 336 g/mol. The Bertz CT molecular complexity index is 646. The van der Waals surface area contributed by atoms with Gasteiger partial charge < -0.3 is 5.11 Å². The van der Waals surface area contributed by atoms with Crippen molar-refractivity contribution >= 4 is 23.2 Å². The monoisotopic (exact) mass is 335 g/mol. The second-order valence-electron chi connectivity index (χ2n) is 4.42. The highest BCUT2D eigenvalue weighted by Crippen LogP contribution is 2.32. The molecule has 0 bridgehead atoms. The Morgan fingerprint density at radius 2 is 1.86 bits per heavy atom. The molecule has 2 nitrogen and oxygen atoms in total. The zero-order valence-electron chi connectivity index (χ0n) is 10.5. The molecule has 1 aromatic carbocycles. The van der Waals surface area contributed by atoms with Gasteiger partial charge in [0.2, 0.25) is 0 Å². The van der Waals surface area contributed by atoms with E-state index in [1.165, 1.54) is 0 Å². The predicted molar refractivity (Wildman–Crippen MR) is 74.4 cm³/mol. The van der Waals surface area contributed by atoms with Crippen LogP contribution < -0.4 is 0 Å². The molecule has 2 rings (SSSR count). The molecule has 2 aromatic rings. The molecule has 0 saturated heterocycles. The van der Waals surface area contributed by atoms with Crippen LogP contribution in [0.4, 0.5) is 13.2 Å². The Hall–Kier alpha value is -1.30. The predicted octanol–water partition coefficient (Wildman–Crippen LogP) is 4.68. The quantitative estimate of drug-likeness (QED) is 0.826. The van der Waals surface area contributed by atoms with E-state index in [2.05, 4.69) is 4.98 Å². The SMILES string of the molecule is OC(Cc1cccc(Cl)c1)c1ccc(C(F)(F)F)nc1Cl. The largest absolute Gasteiger partial charge is 0.433 e. The first-order valence-electron chi connectivity index (χ1n) is 5.93. The van der Waals surface area contributed by atoms with Crippen LogP contribution in [0.15, 0.2) is 36.4 Å². The number of rotatable bonds is 3. The summed E-state index contributed by atoms with van der Waals surface area (Å²) in [5, 5.41) is 10.2. The number of alkyl halides is 3. The standard InChI is InChI=1S/C14H10Cl2F3NO/c15-9-3-1-2-8(6-9)7-11(21)10-4-5-12(14(17,18)19)20-13(10)16/h1-6,11,21H,7H2. The lowest BCUT2D eigenvalue weighted by Gasteiger charge is -2.14. The van der Waals surface area contributed by atoms with Crippen molar-refractivity contribution in [1.29, 1.82) is 0 Å². The Kier molecular flexibility index (Phi) is 4.76. The maximum atomic E-state index is 12.5. The van der Waals surface area contributed by atoms with Crippen LogP contribution in [0, 0.1) is 0 Å². The highest BCUT2D eigenvalue weighted by molar-refractivity contribution is 6.30. The van der Waals surface area contributed by atoms with Gasteiger partial charge in [0.05, 0.1) is 6.10 Å². The van der Waals surface area contributed by atoms with Gasteiger partial charge in [-0.15, -0.1) is 0 Å². The van der Waals surface area contributed by atoms with Gasteiger partial charge in [-0.2, -0.15) is 13.2 Å². The maximum Gasteiger partial charge on any atom is 0.433 e. The summed E-state index contributed by atoms with van der Waals surface area (Å²) in [6.07, 6.45) is -5.46. The molecular weight excluding hydrogens is 326 g/mol. The smallest absolute Gasteiger partial charge is 0.388 e. The van der Waals surface area contributed by atoms with Crippen LogP contribution in [-0.4, -0.2) is 10.1 Å². The van der Waals surface area contributed by atoms with E-state index in [1.807, 2.05) is 0 Å². The molecule has 0 amide bonds. The Balaban J connectivity index is 2.22. The first-order valence-corrected chi connectivity index (χ1v) is 6.69. The Morgan fingerprint density at radius 3 is 2.43 bits per heavy atom. The number of halogens is 5. The van der Waals surface area contributed by atoms with Crippen LogP contribution in [-0.2, 0) is 12.6 Å². The Labute approximate surface area is 129 Å². The number of hydrogen-bond donors (Lipinski definition) is 1. The molecule has 0 aliphatic carbocycles. The van der Waals surface area contributed by atoms with Gasteiger partial charge in [-0.25, -0.2) is 4.98 Å². The van der Waals surface area contributed by atoms with Gasteiger partial charge in [0.15, 0.2) is 0 Å². The van der Waals surface area contributed by atoms with Crippen LogP contribution in [0.5, 0.6) is 0 Å². The third-order valence-corrected chi connectivity index (χ3v) is 3.38. The minimum atomic E-state index is -4.57. The van der Waals surface area contributed by atoms with Crippen molar-refractivity contribution in [3.63, 3.8) is 0 Å². The molecule has 1 atom stereocenters. The number of benzene rings is 1. The van der Waals surface area contributed by atoms with E-state index in [-0.39, 0.29) is 17.1 Å². The van der Waals surface area contributed by atoms with Gasteiger partial charge in [0.25, 0.3) is 0 Å². The molecule has 0 aliphatic heterocycles. The molecule has 0 saturated carbocycles. The molecule has 21 heavy (non-hydrogen) atoms. The topological polar surface area (TPSA) is 33.1 Å². The summed E-state index contributed by atoms with van der Waals surface area (Å²) in [5.74, 6) is 0. The number of aromatic nitrogens is 1. The van der Waals surface area contributed by atoms with Crippen molar-refractivity contribution in [2.75, 3.05) is 0 Å². The van der Waals surface area contributed by atoms with Crippen LogP contribution in [0.3, 0.4) is 0 Å². The molecule has 0 radical (unpaired) electrons. The summed E-state index contributed by atoms with van der Waals surface area (Å²) in [4.78, 5) is 3.28. The summed E-state index contributed by atoms with van der Waals surface area (Å²) in [6, 6.07) is 8.74. The van der Waals surface area contributed by atoms with E-state index in [0.717, 1.165) is 17.7 Å². The zero-order valence-corrected chi connectivity index (χ0v) is 12.0. The summed E-state index contributed by atoms with van der Waals surface area (Å²) in [5.41, 5.74) is -0.207. The molecular formula is C14H10Cl2F3NO. The molecule has 112 valence electrons. The molecule has 0 fully saturated rings. The van der Waals surface area contributed by atoms with E-state index in [4.69, 9.17) is 23.2 Å². The van der Waals surface area contributed by atoms with E-state index < -0.39 is 18.0 Å². The van der Waals surface area contributed by atoms with Gasteiger partial charge in [0, 0.05) is 17.0 Å². The molecule has 1 unspecified atom stereocenters. The minimum Gasteiger partial charge on any atom is -0.388 e. The average Bonchev–Trinajstić information content (AvgIpc) is 2.37.